The lowest BCUT2D eigenvalue weighted by atomic mass is 9.88. The second-order valence-electron chi connectivity index (χ2n) is 8.61. The standard InChI is InChI=1S/C22H30N2O4S/c25-21(24(18-10-3-1-4-11-18)19-12-5-2-6-13-19)15-23-22(26)20-14-8-7-9-17(20)16-29(23,27)28/h7-9,14,18-19H,1-6,10-13,15-16H2. The predicted octanol–water partition coefficient (Wildman–Crippen LogP) is 3.47. The Kier molecular flexibility index (Phi) is 5.95. The monoisotopic (exact) mass is 418 g/mol. The molecular formula is C22H30N2O4S. The molecule has 1 aromatic rings. The van der Waals surface area contributed by atoms with Gasteiger partial charge in [-0.05, 0) is 37.3 Å². The lowest BCUT2D eigenvalue weighted by Crippen LogP contribution is -2.54. The molecule has 2 fully saturated rings. The van der Waals surface area contributed by atoms with Crippen molar-refractivity contribution in [2.75, 3.05) is 6.54 Å². The minimum Gasteiger partial charge on any atom is -0.335 e. The number of benzene rings is 1. The molecule has 0 atom stereocenters. The molecule has 158 valence electrons. The molecule has 0 unspecified atom stereocenters. The zero-order valence-electron chi connectivity index (χ0n) is 16.9. The topological polar surface area (TPSA) is 74.8 Å². The SMILES string of the molecule is O=C(CN1C(=O)c2ccccc2CS1(=O)=O)N(C1CCCCC1)C1CCCCC1. The van der Waals surface area contributed by atoms with E-state index in [1.165, 1.54) is 12.8 Å². The maximum atomic E-state index is 13.4. The summed E-state index contributed by atoms with van der Waals surface area (Å²) in [5, 5.41) is 0. The Morgan fingerprint density at radius 3 is 2.07 bits per heavy atom. The molecule has 1 aliphatic heterocycles. The van der Waals surface area contributed by atoms with Gasteiger partial charge < -0.3 is 4.90 Å². The van der Waals surface area contributed by atoms with E-state index in [4.69, 9.17) is 0 Å². The Morgan fingerprint density at radius 2 is 1.48 bits per heavy atom. The van der Waals surface area contributed by atoms with Gasteiger partial charge >= 0.3 is 0 Å². The Balaban J connectivity index is 1.58. The zero-order valence-corrected chi connectivity index (χ0v) is 17.7. The van der Waals surface area contributed by atoms with Crippen LogP contribution in [0, 0.1) is 0 Å². The number of hydrogen-bond acceptors (Lipinski definition) is 4. The van der Waals surface area contributed by atoms with Crippen molar-refractivity contribution in [1.29, 1.82) is 0 Å². The Morgan fingerprint density at radius 1 is 0.931 bits per heavy atom. The van der Waals surface area contributed by atoms with E-state index in [1.54, 1.807) is 24.3 Å². The van der Waals surface area contributed by atoms with Gasteiger partial charge in [0, 0.05) is 17.6 Å². The van der Waals surface area contributed by atoms with Crippen LogP contribution in [0.1, 0.15) is 80.1 Å². The molecule has 0 aromatic heterocycles. The molecule has 4 rings (SSSR count). The van der Waals surface area contributed by atoms with Crippen molar-refractivity contribution < 1.29 is 18.0 Å². The molecule has 2 saturated carbocycles. The van der Waals surface area contributed by atoms with Gasteiger partial charge in [0.1, 0.15) is 6.54 Å². The largest absolute Gasteiger partial charge is 0.335 e. The Labute approximate surface area is 173 Å². The van der Waals surface area contributed by atoms with E-state index in [0.717, 1.165) is 55.7 Å². The summed E-state index contributed by atoms with van der Waals surface area (Å²) in [5.74, 6) is -1.01. The third-order valence-electron chi connectivity index (χ3n) is 6.65. The maximum Gasteiger partial charge on any atom is 0.268 e. The van der Waals surface area contributed by atoms with Crippen LogP contribution < -0.4 is 0 Å². The normalized spacial score (nSPS) is 22.9. The summed E-state index contributed by atoms with van der Waals surface area (Å²) in [6.45, 7) is -0.373. The van der Waals surface area contributed by atoms with Gasteiger partial charge in [-0.3, -0.25) is 9.59 Å². The second kappa shape index (κ2) is 8.46. The van der Waals surface area contributed by atoms with Gasteiger partial charge in [0.2, 0.25) is 15.9 Å². The van der Waals surface area contributed by atoms with E-state index in [9.17, 15) is 18.0 Å². The number of amides is 2. The van der Waals surface area contributed by atoms with E-state index >= 15 is 0 Å². The molecule has 1 heterocycles. The number of carbonyl (C=O) groups excluding carboxylic acids is 2. The summed E-state index contributed by atoms with van der Waals surface area (Å²) in [4.78, 5) is 28.3. The Bertz CT molecular complexity index is 853. The summed E-state index contributed by atoms with van der Waals surface area (Å²) in [6.07, 6.45) is 10.7. The van der Waals surface area contributed by atoms with Crippen molar-refractivity contribution in [2.45, 2.75) is 82.0 Å². The fourth-order valence-corrected chi connectivity index (χ4v) is 6.65. The molecule has 2 amide bonds. The third kappa shape index (κ3) is 4.20. The highest BCUT2D eigenvalue weighted by Crippen LogP contribution is 2.31. The fraction of sp³-hybridized carbons (Fsp3) is 0.636. The number of sulfonamides is 1. The van der Waals surface area contributed by atoms with E-state index in [0.29, 0.717) is 11.1 Å². The molecular weight excluding hydrogens is 388 g/mol. The molecule has 1 aromatic carbocycles. The van der Waals surface area contributed by atoms with Crippen molar-refractivity contribution in [1.82, 2.24) is 9.21 Å². The van der Waals surface area contributed by atoms with E-state index in [2.05, 4.69) is 0 Å². The lowest BCUT2D eigenvalue weighted by Gasteiger charge is -2.42. The number of nitrogens with zero attached hydrogens (tertiary/aromatic N) is 2. The Hall–Kier alpha value is -1.89. The lowest BCUT2D eigenvalue weighted by molar-refractivity contribution is -0.137. The van der Waals surface area contributed by atoms with Crippen LogP contribution in [-0.2, 0) is 20.6 Å². The highest BCUT2D eigenvalue weighted by Gasteiger charge is 2.40. The molecule has 0 saturated heterocycles. The minimum absolute atomic E-state index is 0.175. The van der Waals surface area contributed by atoms with Crippen LogP contribution in [0.4, 0.5) is 0 Å². The van der Waals surface area contributed by atoms with Crippen LogP contribution in [0.25, 0.3) is 0 Å². The van der Waals surface area contributed by atoms with Crippen molar-refractivity contribution in [2.24, 2.45) is 0 Å². The fourth-order valence-electron chi connectivity index (χ4n) is 5.19. The van der Waals surface area contributed by atoms with Crippen LogP contribution in [0.15, 0.2) is 24.3 Å². The average Bonchev–Trinajstić information content (AvgIpc) is 2.73. The molecule has 2 aliphatic carbocycles. The second-order valence-corrected chi connectivity index (χ2v) is 10.5. The molecule has 6 nitrogen and oxygen atoms in total. The number of rotatable bonds is 4. The first-order valence-electron chi connectivity index (χ1n) is 10.9. The first kappa shape index (κ1) is 20.4. The van der Waals surface area contributed by atoms with Gasteiger partial charge in [0.15, 0.2) is 0 Å². The molecule has 0 N–H and O–H groups in total. The number of carbonyl (C=O) groups is 2. The van der Waals surface area contributed by atoms with Crippen molar-refractivity contribution in [3.05, 3.63) is 35.4 Å². The first-order chi connectivity index (χ1) is 14.0. The summed E-state index contributed by atoms with van der Waals surface area (Å²) >= 11 is 0. The zero-order chi connectivity index (χ0) is 20.4. The van der Waals surface area contributed by atoms with E-state index in [1.807, 2.05) is 4.90 Å². The van der Waals surface area contributed by atoms with Crippen LogP contribution in [0.3, 0.4) is 0 Å². The smallest absolute Gasteiger partial charge is 0.268 e. The number of fused-ring (bicyclic) bond motifs is 1. The molecule has 0 spiro atoms. The maximum absolute atomic E-state index is 13.4. The minimum atomic E-state index is -3.84. The summed E-state index contributed by atoms with van der Waals surface area (Å²) in [5.41, 5.74) is 0.898. The first-order valence-corrected chi connectivity index (χ1v) is 12.5. The molecule has 0 radical (unpaired) electrons. The van der Waals surface area contributed by atoms with E-state index in [-0.39, 0.29) is 30.3 Å². The van der Waals surface area contributed by atoms with Gasteiger partial charge in [-0.15, -0.1) is 0 Å². The molecule has 29 heavy (non-hydrogen) atoms. The average molecular weight is 419 g/mol. The summed E-state index contributed by atoms with van der Waals surface area (Å²) in [7, 11) is -3.84. The van der Waals surface area contributed by atoms with Crippen LogP contribution in [-0.4, -0.2) is 48.1 Å². The van der Waals surface area contributed by atoms with Crippen LogP contribution >= 0.6 is 0 Å². The van der Waals surface area contributed by atoms with Gasteiger partial charge in [-0.2, -0.15) is 0 Å². The van der Waals surface area contributed by atoms with Gasteiger partial charge in [0.25, 0.3) is 5.91 Å². The summed E-state index contributed by atoms with van der Waals surface area (Å²) < 4.78 is 26.4. The van der Waals surface area contributed by atoms with E-state index < -0.39 is 15.9 Å². The van der Waals surface area contributed by atoms with Gasteiger partial charge in [0.05, 0.1) is 5.75 Å². The highest BCUT2D eigenvalue weighted by atomic mass is 32.2. The molecule has 3 aliphatic rings. The van der Waals surface area contributed by atoms with Crippen LogP contribution in [0.5, 0.6) is 0 Å². The van der Waals surface area contributed by atoms with Gasteiger partial charge in [-0.25, -0.2) is 12.7 Å². The number of hydrogen-bond donors (Lipinski definition) is 0. The quantitative estimate of drug-likeness (QED) is 0.750. The molecule has 7 heteroatoms. The van der Waals surface area contributed by atoms with Crippen molar-refractivity contribution in [3.8, 4) is 0 Å². The van der Waals surface area contributed by atoms with Gasteiger partial charge in [-0.1, -0.05) is 56.7 Å². The summed E-state index contributed by atoms with van der Waals surface area (Å²) in [6, 6.07) is 7.12. The van der Waals surface area contributed by atoms with Crippen LogP contribution in [0.2, 0.25) is 0 Å². The van der Waals surface area contributed by atoms with Crippen molar-refractivity contribution in [3.63, 3.8) is 0 Å². The highest BCUT2D eigenvalue weighted by molar-refractivity contribution is 7.89. The predicted molar refractivity (Wildman–Crippen MR) is 111 cm³/mol. The third-order valence-corrected chi connectivity index (χ3v) is 8.29. The van der Waals surface area contributed by atoms with Crippen molar-refractivity contribution >= 4 is 21.8 Å². The molecule has 0 bridgehead atoms.